The fourth-order valence-corrected chi connectivity index (χ4v) is 2.42. The zero-order chi connectivity index (χ0) is 12.7. The Bertz CT molecular complexity index is 253. The summed E-state index contributed by atoms with van der Waals surface area (Å²) < 4.78 is 22.2. The van der Waals surface area contributed by atoms with Crippen molar-refractivity contribution in [2.45, 2.75) is 44.0 Å². The van der Waals surface area contributed by atoms with E-state index in [0.717, 1.165) is 45.5 Å². The Kier molecular flexibility index (Phi) is 5.63. The minimum absolute atomic E-state index is 0.0171. The van der Waals surface area contributed by atoms with Crippen LogP contribution in [-0.4, -0.2) is 45.4 Å². The summed E-state index contributed by atoms with van der Waals surface area (Å²) in [5.74, 6) is 0. The van der Waals surface area contributed by atoms with E-state index < -0.39 is 0 Å². The first-order chi connectivity index (χ1) is 8.85. The normalized spacial score (nSPS) is 28.6. The Morgan fingerprint density at radius 3 is 2.72 bits per heavy atom. The molecule has 2 aliphatic rings. The van der Waals surface area contributed by atoms with Gasteiger partial charge in [0.25, 0.3) is 0 Å². The van der Waals surface area contributed by atoms with Crippen LogP contribution in [0.3, 0.4) is 0 Å². The lowest BCUT2D eigenvalue weighted by molar-refractivity contribution is -0.155. The zero-order valence-corrected chi connectivity index (χ0v) is 11.2. The van der Waals surface area contributed by atoms with Crippen LogP contribution < -0.4 is 0 Å². The van der Waals surface area contributed by atoms with Gasteiger partial charge in [-0.05, 0) is 19.3 Å². The molecular weight excluding hydrogens is 232 g/mol. The Morgan fingerprint density at radius 2 is 2.06 bits per heavy atom. The van der Waals surface area contributed by atoms with Crippen LogP contribution in [0.5, 0.6) is 0 Å². The van der Waals surface area contributed by atoms with Gasteiger partial charge in [0.1, 0.15) is 0 Å². The van der Waals surface area contributed by atoms with Crippen molar-refractivity contribution in [2.75, 3.05) is 33.5 Å². The molecule has 4 nitrogen and oxygen atoms in total. The van der Waals surface area contributed by atoms with E-state index in [2.05, 4.69) is 6.08 Å². The van der Waals surface area contributed by atoms with Gasteiger partial charge in [0, 0.05) is 39.8 Å². The molecule has 2 heterocycles. The van der Waals surface area contributed by atoms with Gasteiger partial charge in [0.05, 0.1) is 12.2 Å². The summed E-state index contributed by atoms with van der Waals surface area (Å²) in [6, 6.07) is 0. The molecule has 2 fully saturated rings. The molecule has 0 aromatic rings. The quantitative estimate of drug-likeness (QED) is 0.707. The average molecular weight is 256 g/mol. The van der Waals surface area contributed by atoms with Crippen molar-refractivity contribution in [3.05, 3.63) is 12.2 Å². The summed E-state index contributed by atoms with van der Waals surface area (Å²) in [5.41, 5.74) is -0.158. The van der Waals surface area contributed by atoms with Crippen molar-refractivity contribution >= 4 is 0 Å². The van der Waals surface area contributed by atoms with Crippen LogP contribution >= 0.6 is 0 Å². The molecule has 0 aromatic carbocycles. The number of ether oxygens (including phenoxy) is 4. The fraction of sp³-hybridized carbons (Fsp3) is 0.857. The molecule has 104 valence electrons. The van der Waals surface area contributed by atoms with Crippen LogP contribution in [0.4, 0.5) is 0 Å². The maximum absolute atomic E-state index is 5.67. The average Bonchev–Trinajstić information content (AvgIpc) is 2.46. The summed E-state index contributed by atoms with van der Waals surface area (Å²) in [6.45, 7) is 2.96. The molecule has 1 unspecified atom stereocenters. The molecule has 18 heavy (non-hydrogen) atoms. The standard InChI is InChI=1S/C14H24O4/c1-15-14(7-11-16-12-8-14)6-4-10-18-13-5-2-3-9-17-13/h4,6,13H,2-3,5,7-12H2,1H3/b6-4+. The molecule has 2 aliphatic heterocycles. The van der Waals surface area contributed by atoms with Gasteiger partial charge in [-0.3, -0.25) is 0 Å². The third-order valence-electron chi connectivity index (χ3n) is 3.68. The lowest BCUT2D eigenvalue weighted by Gasteiger charge is -2.33. The second-order valence-electron chi connectivity index (χ2n) is 4.91. The lowest BCUT2D eigenvalue weighted by Crippen LogP contribution is -2.36. The SMILES string of the molecule is COC1(/C=C/COC2CCCCO2)CCOCC1. The first kappa shape index (κ1) is 14.0. The molecular formula is C14H24O4. The van der Waals surface area contributed by atoms with Crippen molar-refractivity contribution < 1.29 is 18.9 Å². The van der Waals surface area contributed by atoms with E-state index in [9.17, 15) is 0 Å². The molecule has 0 radical (unpaired) electrons. The largest absolute Gasteiger partial charge is 0.381 e. The summed E-state index contributed by atoms with van der Waals surface area (Å²) in [4.78, 5) is 0. The number of hydrogen-bond donors (Lipinski definition) is 0. The molecule has 0 amide bonds. The third-order valence-corrected chi connectivity index (χ3v) is 3.68. The van der Waals surface area contributed by atoms with Gasteiger partial charge in [-0.1, -0.05) is 12.2 Å². The first-order valence-electron chi connectivity index (χ1n) is 6.88. The highest BCUT2D eigenvalue weighted by Gasteiger charge is 2.29. The van der Waals surface area contributed by atoms with Crippen molar-refractivity contribution in [3.8, 4) is 0 Å². The summed E-state index contributed by atoms with van der Waals surface area (Å²) in [7, 11) is 1.76. The van der Waals surface area contributed by atoms with E-state index in [1.165, 1.54) is 6.42 Å². The molecule has 0 N–H and O–H groups in total. The minimum atomic E-state index is -0.158. The van der Waals surface area contributed by atoms with E-state index in [1.54, 1.807) is 7.11 Å². The van der Waals surface area contributed by atoms with Gasteiger partial charge in [-0.15, -0.1) is 0 Å². The van der Waals surface area contributed by atoms with Gasteiger partial charge in [-0.25, -0.2) is 0 Å². The summed E-state index contributed by atoms with van der Waals surface area (Å²) >= 11 is 0. The predicted octanol–water partition coefficient (Wildman–Crippen LogP) is 2.28. The third kappa shape index (κ3) is 4.05. The van der Waals surface area contributed by atoms with E-state index in [-0.39, 0.29) is 11.9 Å². The van der Waals surface area contributed by atoms with Crippen LogP contribution in [0.1, 0.15) is 32.1 Å². The topological polar surface area (TPSA) is 36.9 Å². The Labute approximate surface area is 109 Å². The predicted molar refractivity (Wildman–Crippen MR) is 68.5 cm³/mol. The van der Waals surface area contributed by atoms with Crippen molar-refractivity contribution in [3.63, 3.8) is 0 Å². The summed E-state index contributed by atoms with van der Waals surface area (Å²) in [6.07, 6.45) is 9.36. The summed E-state index contributed by atoms with van der Waals surface area (Å²) in [5, 5.41) is 0. The van der Waals surface area contributed by atoms with Gasteiger partial charge in [-0.2, -0.15) is 0 Å². The maximum Gasteiger partial charge on any atom is 0.157 e. The highest BCUT2D eigenvalue weighted by Crippen LogP contribution is 2.25. The van der Waals surface area contributed by atoms with Gasteiger partial charge < -0.3 is 18.9 Å². The maximum atomic E-state index is 5.67. The molecule has 4 heteroatoms. The van der Waals surface area contributed by atoms with E-state index in [4.69, 9.17) is 18.9 Å². The van der Waals surface area contributed by atoms with E-state index in [1.807, 2.05) is 6.08 Å². The molecule has 0 aromatic heterocycles. The Morgan fingerprint density at radius 1 is 1.22 bits per heavy atom. The van der Waals surface area contributed by atoms with Crippen molar-refractivity contribution in [1.29, 1.82) is 0 Å². The van der Waals surface area contributed by atoms with Crippen LogP contribution in [0.2, 0.25) is 0 Å². The number of rotatable bonds is 5. The first-order valence-corrected chi connectivity index (χ1v) is 6.88. The Hall–Kier alpha value is -0.420. The molecule has 0 spiro atoms. The fourth-order valence-electron chi connectivity index (χ4n) is 2.42. The van der Waals surface area contributed by atoms with Crippen LogP contribution in [0, 0.1) is 0 Å². The second kappa shape index (κ2) is 7.24. The molecule has 2 saturated heterocycles. The van der Waals surface area contributed by atoms with Crippen molar-refractivity contribution in [1.82, 2.24) is 0 Å². The van der Waals surface area contributed by atoms with E-state index in [0.29, 0.717) is 6.61 Å². The lowest BCUT2D eigenvalue weighted by atomic mass is 9.93. The number of methoxy groups -OCH3 is 1. The molecule has 1 atom stereocenters. The Balaban J connectivity index is 1.71. The zero-order valence-electron chi connectivity index (χ0n) is 11.2. The molecule has 0 saturated carbocycles. The van der Waals surface area contributed by atoms with Crippen LogP contribution in [0.15, 0.2) is 12.2 Å². The smallest absolute Gasteiger partial charge is 0.157 e. The monoisotopic (exact) mass is 256 g/mol. The second-order valence-corrected chi connectivity index (χ2v) is 4.91. The number of hydrogen-bond acceptors (Lipinski definition) is 4. The van der Waals surface area contributed by atoms with Crippen LogP contribution in [-0.2, 0) is 18.9 Å². The van der Waals surface area contributed by atoms with Crippen molar-refractivity contribution in [2.24, 2.45) is 0 Å². The van der Waals surface area contributed by atoms with Gasteiger partial charge >= 0.3 is 0 Å². The molecule has 0 aliphatic carbocycles. The minimum Gasteiger partial charge on any atom is -0.381 e. The van der Waals surface area contributed by atoms with Crippen LogP contribution in [0.25, 0.3) is 0 Å². The highest BCUT2D eigenvalue weighted by molar-refractivity contribution is 5.03. The van der Waals surface area contributed by atoms with Gasteiger partial charge in [0.2, 0.25) is 0 Å². The van der Waals surface area contributed by atoms with Gasteiger partial charge in [0.15, 0.2) is 6.29 Å². The highest BCUT2D eigenvalue weighted by atomic mass is 16.7. The molecule has 0 bridgehead atoms. The van der Waals surface area contributed by atoms with E-state index >= 15 is 0 Å². The molecule has 2 rings (SSSR count).